The number of rotatable bonds is 7. The van der Waals surface area contributed by atoms with Crippen molar-refractivity contribution in [2.75, 3.05) is 10.6 Å². The van der Waals surface area contributed by atoms with E-state index in [0.717, 1.165) is 25.7 Å². The molecular formula is C21H28BrN5O3S. The Morgan fingerprint density at radius 3 is 2.42 bits per heavy atom. The van der Waals surface area contributed by atoms with Crippen molar-refractivity contribution < 1.29 is 13.2 Å². The lowest BCUT2D eigenvalue weighted by Gasteiger charge is -2.29. The lowest BCUT2D eigenvalue weighted by molar-refractivity contribution is -0.119. The van der Waals surface area contributed by atoms with Crippen LogP contribution in [0.25, 0.3) is 0 Å². The van der Waals surface area contributed by atoms with Crippen molar-refractivity contribution in [2.24, 2.45) is 0 Å². The summed E-state index contributed by atoms with van der Waals surface area (Å²) in [5.74, 6) is 0.955. The third-order valence-corrected chi connectivity index (χ3v) is 8.07. The van der Waals surface area contributed by atoms with E-state index in [9.17, 15) is 13.2 Å². The second-order valence-electron chi connectivity index (χ2n) is 8.00. The van der Waals surface area contributed by atoms with E-state index in [1.807, 2.05) is 0 Å². The van der Waals surface area contributed by atoms with Gasteiger partial charge in [-0.15, -0.1) is 0 Å². The molecule has 1 aromatic carbocycles. The Hall–Kier alpha value is -2.20. The topological polar surface area (TPSA) is 113 Å². The summed E-state index contributed by atoms with van der Waals surface area (Å²) < 4.78 is 26.1. The van der Waals surface area contributed by atoms with Crippen LogP contribution < -0.4 is 16.0 Å². The Morgan fingerprint density at radius 1 is 1.13 bits per heavy atom. The Balaban J connectivity index is 1.74. The van der Waals surface area contributed by atoms with E-state index in [1.54, 1.807) is 51.2 Å². The number of benzene rings is 1. The number of para-hydroxylation sites is 1. The average molecular weight is 510 g/mol. The third kappa shape index (κ3) is 5.94. The fourth-order valence-electron chi connectivity index (χ4n) is 3.58. The van der Waals surface area contributed by atoms with Crippen LogP contribution in [-0.4, -0.2) is 41.6 Å². The first-order valence-corrected chi connectivity index (χ1v) is 12.7. The van der Waals surface area contributed by atoms with Crippen molar-refractivity contribution in [1.82, 2.24) is 15.3 Å². The second kappa shape index (κ2) is 9.95. The molecule has 1 fully saturated rings. The minimum atomic E-state index is -3.45. The van der Waals surface area contributed by atoms with E-state index >= 15 is 0 Å². The summed E-state index contributed by atoms with van der Waals surface area (Å²) in [5, 5.41) is 8.94. The Morgan fingerprint density at radius 2 is 1.77 bits per heavy atom. The summed E-state index contributed by atoms with van der Waals surface area (Å²) in [6.07, 6.45) is 5.25. The van der Waals surface area contributed by atoms with Crippen molar-refractivity contribution in [3.8, 4) is 0 Å². The number of amides is 1. The third-order valence-electron chi connectivity index (χ3n) is 5.28. The Bertz CT molecular complexity index is 1040. The van der Waals surface area contributed by atoms with Crippen LogP contribution in [0.3, 0.4) is 0 Å². The number of sulfone groups is 1. The van der Waals surface area contributed by atoms with Crippen LogP contribution in [0.4, 0.5) is 17.5 Å². The molecule has 3 N–H and O–H groups in total. The summed E-state index contributed by atoms with van der Waals surface area (Å²) in [6, 6.07) is 7.24. The van der Waals surface area contributed by atoms with Gasteiger partial charge in [-0.25, -0.2) is 13.4 Å². The highest BCUT2D eigenvalue weighted by Gasteiger charge is 2.24. The molecule has 0 bridgehead atoms. The fourth-order valence-corrected chi connectivity index (χ4v) is 5.07. The lowest BCUT2D eigenvalue weighted by Crippen LogP contribution is -2.39. The molecule has 3 rings (SSSR count). The SMILES string of the molecule is CC(=O)NC1CCC(Nc2ncc(Br)c(Nc3ccccc3S(=O)(=O)C(C)C)n2)CC1. The zero-order valence-corrected chi connectivity index (χ0v) is 20.3. The van der Waals surface area contributed by atoms with Gasteiger partial charge in [0.25, 0.3) is 0 Å². The molecule has 8 nitrogen and oxygen atoms in total. The van der Waals surface area contributed by atoms with Gasteiger partial charge in [-0.2, -0.15) is 4.98 Å². The first-order valence-electron chi connectivity index (χ1n) is 10.3. The van der Waals surface area contributed by atoms with Gasteiger partial charge in [0, 0.05) is 25.2 Å². The number of nitrogens with zero attached hydrogens (tertiary/aromatic N) is 2. The van der Waals surface area contributed by atoms with Crippen molar-refractivity contribution in [3.05, 3.63) is 34.9 Å². The lowest BCUT2D eigenvalue weighted by atomic mass is 9.91. The minimum Gasteiger partial charge on any atom is -0.354 e. The van der Waals surface area contributed by atoms with E-state index in [2.05, 4.69) is 41.8 Å². The summed E-state index contributed by atoms with van der Waals surface area (Å²) in [7, 11) is -3.45. The van der Waals surface area contributed by atoms with Crippen LogP contribution in [-0.2, 0) is 14.6 Å². The molecule has 0 saturated heterocycles. The largest absolute Gasteiger partial charge is 0.354 e. The number of anilines is 3. The molecule has 1 aromatic heterocycles. The zero-order chi connectivity index (χ0) is 22.6. The first-order chi connectivity index (χ1) is 14.7. The first kappa shape index (κ1) is 23.5. The van der Waals surface area contributed by atoms with Gasteiger partial charge in [-0.05, 0) is 67.6 Å². The van der Waals surface area contributed by atoms with Gasteiger partial charge in [0.05, 0.1) is 20.3 Å². The normalized spacial score (nSPS) is 19.1. The number of carbonyl (C=O) groups excluding carboxylic acids is 1. The van der Waals surface area contributed by atoms with Crippen molar-refractivity contribution in [2.45, 2.75) is 68.7 Å². The van der Waals surface area contributed by atoms with Crippen molar-refractivity contribution >= 4 is 49.1 Å². The Labute approximate surface area is 191 Å². The van der Waals surface area contributed by atoms with Gasteiger partial charge in [0.15, 0.2) is 9.84 Å². The monoisotopic (exact) mass is 509 g/mol. The fraction of sp³-hybridized carbons (Fsp3) is 0.476. The molecule has 1 aliphatic rings. The van der Waals surface area contributed by atoms with Crippen LogP contribution >= 0.6 is 15.9 Å². The zero-order valence-electron chi connectivity index (χ0n) is 17.9. The molecule has 31 heavy (non-hydrogen) atoms. The van der Waals surface area contributed by atoms with Gasteiger partial charge in [-0.3, -0.25) is 4.79 Å². The van der Waals surface area contributed by atoms with Crippen LogP contribution in [0.5, 0.6) is 0 Å². The highest BCUT2D eigenvalue weighted by atomic mass is 79.9. The molecule has 0 radical (unpaired) electrons. The van der Waals surface area contributed by atoms with Crippen LogP contribution in [0.1, 0.15) is 46.5 Å². The highest BCUT2D eigenvalue weighted by molar-refractivity contribution is 9.10. The second-order valence-corrected chi connectivity index (χ2v) is 11.3. The number of hydrogen-bond donors (Lipinski definition) is 3. The predicted molar refractivity (Wildman–Crippen MR) is 125 cm³/mol. The average Bonchev–Trinajstić information content (AvgIpc) is 2.72. The molecule has 0 spiro atoms. The molecule has 0 atom stereocenters. The van der Waals surface area contributed by atoms with Crippen LogP contribution in [0.2, 0.25) is 0 Å². The molecule has 1 amide bonds. The van der Waals surface area contributed by atoms with Gasteiger partial charge in [0.1, 0.15) is 5.82 Å². The minimum absolute atomic E-state index is 0.00290. The quantitative estimate of drug-likeness (QED) is 0.516. The summed E-state index contributed by atoms with van der Waals surface area (Å²) in [4.78, 5) is 20.4. The number of hydrogen-bond acceptors (Lipinski definition) is 7. The molecule has 0 aliphatic heterocycles. The van der Waals surface area contributed by atoms with Gasteiger partial charge in [-0.1, -0.05) is 12.1 Å². The summed E-state index contributed by atoms with van der Waals surface area (Å²) in [6.45, 7) is 4.86. The molecule has 1 aliphatic carbocycles. The maximum absolute atomic E-state index is 12.7. The number of carbonyl (C=O) groups is 1. The standard InChI is InChI=1S/C21H28BrN5O3S/c1-13(2)31(29,30)19-7-5-4-6-18(19)26-20-17(22)12-23-21(27-20)25-16-10-8-15(9-11-16)24-14(3)28/h4-7,12-13,15-16H,8-11H2,1-3H3,(H,24,28)(H2,23,25,26,27). The van der Waals surface area contributed by atoms with E-state index < -0.39 is 15.1 Å². The molecule has 1 saturated carbocycles. The molecular weight excluding hydrogens is 482 g/mol. The molecule has 168 valence electrons. The number of aromatic nitrogens is 2. The van der Waals surface area contributed by atoms with Gasteiger partial charge >= 0.3 is 0 Å². The van der Waals surface area contributed by atoms with Crippen molar-refractivity contribution in [3.63, 3.8) is 0 Å². The van der Waals surface area contributed by atoms with E-state index in [-0.39, 0.29) is 22.9 Å². The molecule has 10 heteroatoms. The van der Waals surface area contributed by atoms with E-state index in [0.29, 0.717) is 21.9 Å². The summed E-state index contributed by atoms with van der Waals surface area (Å²) >= 11 is 3.44. The Kier molecular flexibility index (Phi) is 7.53. The van der Waals surface area contributed by atoms with E-state index in [4.69, 9.17) is 0 Å². The van der Waals surface area contributed by atoms with Gasteiger partial charge < -0.3 is 16.0 Å². The molecule has 1 heterocycles. The maximum atomic E-state index is 12.7. The maximum Gasteiger partial charge on any atom is 0.224 e. The van der Waals surface area contributed by atoms with Crippen LogP contribution in [0.15, 0.2) is 39.8 Å². The van der Waals surface area contributed by atoms with Gasteiger partial charge in [0.2, 0.25) is 11.9 Å². The van der Waals surface area contributed by atoms with Crippen LogP contribution in [0, 0.1) is 0 Å². The number of halogens is 1. The molecule has 2 aromatic rings. The summed E-state index contributed by atoms with van der Waals surface area (Å²) in [5.41, 5.74) is 0.470. The predicted octanol–water partition coefficient (Wildman–Crippen LogP) is 4.02. The molecule has 0 unspecified atom stereocenters. The smallest absolute Gasteiger partial charge is 0.224 e. The van der Waals surface area contributed by atoms with Crippen molar-refractivity contribution in [1.29, 1.82) is 0 Å². The highest BCUT2D eigenvalue weighted by Crippen LogP contribution is 2.30. The van der Waals surface area contributed by atoms with E-state index in [1.165, 1.54) is 0 Å². The number of nitrogens with one attached hydrogen (secondary N) is 3.